The van der Waals surface area contributed by atoms with Crippen LogP contribution in [0.25, 0.3) is 5.69 Å². The number of nitrogens with one attached hydrogen (secondary N) is 1. The normalized spacial score (nSPS) is 11.1. The van der Waals surface area contributed by atoms with E-state index in [0.717, 1.165) is 14.9 Å². The van der Waals surface area contributed by atoms with Crippen LogP contribution in [0.4, 0.5) is 0 Å². The van der Waals surface area contributed by atoms with Gasteiger partial charge in [0, 0.05) is 25.6 Å². The van der Waals surface area contributed by atoms with E-state index in [-0.39, 0.29) is 0 Å². The zero-order valence-electron chi connectivity index (χ0n) is 9.50. The van der Waals surface area contributed by atoms with Crippen molar-refractivity contribution in [3.8, 4) is 5.69 Å². The summed E-state index contributed by atoms with van der Waals surface area (Å²) in [6, 6.07) is 6.26. The number of aromatic nitrogens is 2. The van der Waals surface area contributed by atoms with Crippen molar-refractivity contribution in [2.45, 2.75) is 19.8 Å². The van der Waals surface area contributed by atoms with E-state index in [2.05, 4.69) is 80.1 Å². The van der Waals surface area contributed by atoms with Gasteiger partial charge in [0.15, 0.2) is 4.77 Å². The highest BCUT2D eigenvalue weighted by Gasteiger charge is 2.10. The van der Waals surface area contributed by atoms with Crippen LogP contribution in [0.1, 0.15) is 25.5 Å². The van der Waals surface area contributed by atoms with E-state index >= 15 is 0 Å². The zero-order valence-corrected chi connectivity index (χ0v) is 14.1. The van der Waals surface area contributed by atoms with Crippen molar-refractivity contribution < 1.29 is 0 Å². The summed E-state index contributed by atoms with van der Waals surface area (Å²) in [6.45, 7) is 4.33. The first kappa shape index (κ1) is 13.3. The smallest absolute Gasteiger partial charge is 0.182 e. The molecule has 0 fully saturated rings. The van der Waals surface area contributed by atoms with E-state index < -0.39 is 0 Å². The van der Waals surface area contributed by atoms with Crippen molar-refractivity contribution in [2.75, 3.05) is 0 Å². The van der Waals surface area contributed by atoms with E-state index in [1.807, 2.05) is 6.20 Å². The summed E-state index contributed by atoms with van der Waals surface area (Å²) in [5.41, 5.74) is 2.29. The molecule has 0 bridgehead atoms. The first-order chi connectivity index (χ1) is 8.00. The number of halogens is 2. The summed E-state index contributed by atoms with van der Waals surface area (Å²) >= 11 is 11.2. The van der Waals surface area contributed by atoms with Gasteiger partial charge in [-0.3, -0.25) is 4.57 Å². The monoisotopic (exact) mass is 422 g/mol. The summed E-state index contributed by atoms with van der Waals surface area (Å²) < 4.78 is 5.11. The lowest BCUT2D eigenvalue weighted by atomic mass is 10.1. The number of benzene rings is 1. The average Bonchev–Trinajstić information content (AvgIpc) is 2.64. The van der Waals surface area contributed by atoms with E-state index in [1.54, 1.807) is 0 Å². The van der Waals surface area contributed by atoms with E-state index in [1.165, 1.54) is 9.26 Å². The van der Waals surface area contributed by atoms with Gasteiger partial charge in [-0.1, -0.05) is 13.8 Å². The van der Waals surface area contributed by atoms with Gasteiger partial charge in [-0.25, -0.2) is 0 Å². The van der Waals surface area contributed by atoms with Gasteiger partial charge < -0.3 is 4.98 Å². The highest BCUT2D eigenvalue weighted by Crippen LogP contribution is 2.25. The number of hydrogen-bond acceptors (Lipinski definition) is 1. The highest BCUT2D eigenvalue weighted by molar-refractivity contribution is 14.1. The van der Waals surface area contributed by atoms with Crippen molar-refractivity contribution in [3.05, 3.63) is 42.9 Å². The van der Waals surface area contributed by atoms with Crippen molar-refractivity contribution in [1.82, 2.24) is 9.55 Å². The van der Waals surface area contributed by atoms with Gasteiger partial charge in [-0.05, 0) is 74.9 Å². The van der Waals surface area contributed by atoms with E-state index in [0.29, 0.717) is 5.92 Å². The molecule has 1 heterocycles. The molecule has 0 amide bonds. The van der Waals surface area contributed by atoms with Crippen molar-refractivity contribution in [2.24, 2.45) is 0 Å². The minimum atomic E-state index is 0.431. The number of aromatic amines is 1. The minimum absolute atomic E-state index is 0.431. The van der Waals surface area contributed by atoms with Crippen LogP contribution in [0.15, 0.2) is 28.9 Å². The first-order valence-corrected chi connectivity index (χ1v) is 7.54. The van der Waals surface area contributed by atoms with Gasteiger partial charge in [0.25, 0.3) is 0 Å². The fourth-order valence-electron chi connectivity index (χ4n) is 1.70. The molecule has 0 unspecified atom stereocenters. The number of H-pyrrole nitrogens is 1. The van der Waals surface area contributed by atoms with E-state index in [9.17, 15) is 0 Å². The summed E-state index contributed by atoms with van der Waals surface area (Å²) in [4.78, 5) is 3.11. The Labute approximate surface area is 128 Å². The standard InChI is InChI=1S/C12H12BrIN2S/c1-7(2)11-6-15-12(17)16(11)8-3-4-10(14)9(13)5-8/h3-7H,1-2H3,(H,15,17). The molecular weight excluding hydrogens is 411 g/mol. The fourth-order valence-corrected chi connectivity index (χ4v) is 2.67. The van der Waals surface area contributed by atoms with Gasteiger partial charge in [-0.2, -0.15) is 0 Å². The highest BCUT2D eigenvalue weighted by atomic mass is 127. The quantitative estimate of drug-likeness (QED) is 0.532. The second-order valence-electron chi connectivity index (χ2n) is 4.11. The van der Waals surface area contributed by atoms with Gasteiger partial charge in [0.05, 0.1) is 0 Å². The molecular formula is C12H12BrIN2S. The van der Waals surface area contributed by atoms with Crippen LogP contribution in [0.3, 0.4) is 0 Å². The minimum Gasteiger partial charge on any atom is -0.337 e. The Morgan fingerprint density at radius 1 is 1.41 bits per heavy atom. The maximum atomic E-state index is 5.34. The summed E-state index contributed by atoms with van der Waals surface area (Å²) in [5.74, 6) is 0.431. The fraction of sp³-hybridized carbons (Fsp3) is 0.250. The Balaban J connectivity index is 2.63. The molecule has 17 heavy (non-hydrogen) atoms. The van der Waals surface area contributed by atoms with Crippen LogP contribution in [0.2, 0.25) is 0 Å². The van der Waals surface area contributed by atoms with Gasteiger partial charge in [0.1, 0.15) is 0 Å². The maximum absolute atomic E-state index is 5.34. The molecule has 0 aliphatic heterocycles. The van der Waals surface area contributed by atoms with Crippen LogP contribution in [-0.2, 0) is 0 Å². The average molecular weight is 423 g/mol. The summed E-state index contributed by atoms with van der Waals surface area (Å²) in [5, 5.41) is 0. The predicted molar refractivity (Wildman–Crippen MR) is 85.5 cm³/mol. The Kier molecular flexibility index (Phi) is 4.10. The molecule has 0 atom stereocenters. The number of rotatable bonds is 2. The molecule has 2 rings (SSSR count). The first-order valence-electron chi connectivity index (χ1n) is 5.26. The van der Waals surface area contributed by atoms with Crippen LogP contribution >= 0.6 is 50.7 Å². The molecule has 0 radical (unpaired) electrons. The predicted octanol–water partition coefficient (Wildman–Crippen LogP) is 5.03. The molecule has 1 N–H and O–H groups in total. The molecule has 2 aromatic rings. The molecule has 0 saturated heterocycles. The van der Waals surface area contributed by atoms with E-state index in [4.69, 9.17) is 12.2 Å². The third-order valence-corrected chi connectivity index (χ3v) is 5.20. The second kappa shape index (κ2) is 5.24. The van der Waals surface area contributed by atoms with Gasteiger partial charge in [0.2, 0.25) is 0 Å². The lowest BCUT2D eigenvalue weighted by molar-refractivity contribution is 0.783. The Morgan fingerprint density at radius 2 is 2.12 bits per heavy atom. The SMILES string of the molecule is CC(C)c1c[nH]c(=S)n1-c1ccc(I)c(Br)c1. The molecule has 0 aliphatic rings. The topological polar surface area (TPSA) is 20.7 Å². The Morgan fingerprint density at radius 3 is 2.71 bits per heavy atom. The molecule has 0 saturated carbocycles. The van der Waals surface area contributed by atoms with Gasteiger partial charge in [-0.15, -0.1) is 0 Å². The van der Waals surface area contributed by atoms with Crippen molar-refractivity contribution >= 4 is 50.7 Å². The molecule has 1 aromatic heterocycles. The zero-order chi connectivity index (χ0) is 12.6. The number of nitrogens with zero attached hydrogens (tertiary/aromatic N) is 1. The number of hydrogen-bond donors (Lipinski definition) is 1. The lowest BCUT2D eigenvalue weighted by Gasteiger charge is -2.11. The maximum Gasteiger partial charge on any atom is 0.182 e. The third kappa shape index (κ3) is 2.66. The molecule has 2 nitrogen and oxygen atoms in total. The van der Waals surface area contributed by atoms with Crippen molar-refractivity contribution in [1.29, 1.82) is 0 Å². The lowest BCUT2D eigenvalue weighted by Crippen LogP contribution is -2.02. The Bertz CT molecular complexity index is 601. The largest absolute Gasteiger partial charge is 0.337 e. The van der Waals surface area contributed by atoms with Crippen LogP contribution in [0.5, 0.6) is 0 Å². The number of imidazole rings is 1. The third-order valence-electron chi connectivity index (χ3n) is 2.56. The second-order valence-corrected chi connectivity index (χ2v) is 6.51. The molecule has 1 aromatic carbocycles. The van der Waals surface area contributed by atoms with Gasteiger partial charge >= 0.3 is 0 Å². The van der Waals surface area contributed by atoms with Crippen LogP contribution in [0, 0.1) is 8.34 Å². The van der Waals surface area contributed by atoms with Crippen molar-refractivity contribution in [3.63, 3.8) is 0 Å². The molecule has 5 heteroatoms. The Hall–Kier alpha value is -0.140. The summed E-state index contributed by atoms with van der Waals surface area (Å²) in [6.07, 6.45) is 1.98. The summed E-state index contributed by atoms with van der Waals surface area (Å²) in [7, 11) is 0. The molecule has 90 valence electrons. The van der Waals surface area contributed by atoms with Crippen LogP contribution in [-0.4, -0.2) is 9.55 Å². The van der Waals surface area contributed by atoms with Crippen LogP contribution < -0.4 is 0 Å². The molecule has 0 spiro atoms. The molecule has 0 aliphatic carbocycles.